The van der Waals surface area contributed by atoms with Crippen LogP contribution in [-0.4, -0.2) is 81.9 Å². The van der Waals surface area contributed by atoms with E-state index < -0.39 is 45.7 Å². The van der Waals surface area contributed by atoms with Gasteiger partial charge in [0.1, 0.15) is 22.3 Å². The fraction of sp³-hybridized carbons (Fsp3) is 0.556. The summed E-state index contributed by atoms with van der Waals surface area (Å²) in [5.41, 5.74) is 1.65. The number of nitrogens with one attached hydrogen (secondary N) is 1. The molecule has 8 unspecified atom stereocenters. The molecule has 3 N–H and O–H groups in total. The first-order valence-corrected chi connectivity index (χ1v) is 18.2. The number of ether oxygens (including phenoxy) is 1. The number of carbonyl (C=O) groups is 2. The number of fused-ring (bicyclic) bond motifs is 2. The molecule has 2 heterocycles. The molecule has 2 aliphatic heterocycles. The lowest BCUT2D eigenvalue weighted by Crippen LogP contribution is -2.59. The van der Waals surface area contributed by atoms with Crippen LogP contribution in [0.2, 0.25) is 5.02 Å². The highest BCUT2D eigenvalue weighted by molar-refractivity contribution is 7.84. The van der Waals surface area contributed by atoms with Crippen LogP contribution in [0.15, 0.2) is 48.6 Å². The van der Waals surface area contributed by atoms with Crippen molar-refractivity contribution in [2.75, 3.05) is 38.7 Å². The molecular formula is C36H48ClN3O6S. The Labute approximate surface area is 285 Å². The molecule has 1 aliphatic carbocycles. The standard InChI is InChI=1S/C36H48ClN3O6S/c1-6-8-24-17-28(37)12-13-29(24)27-20-40-19-26-10-14-30(26)36(44,33(41)35(43)39(4)5)16-7-9-22(2)23(3)47(45)38-34(42)25-11-15-32(46-21-27)31(40)18-25/h7,11-13,15-18,22-23,26-27,30,33,41,44H,6,8-10,14,19-21H2,1-5H3,(H,38,42)/b16-7+. The van der Waals surface area contributed by atoms with E-state index in [-0.39, 0.29) is 17.8 Å². The highest BCUT2D eigenvalue weighted by Gasteiger charge is 2.52. The van der Waals surface area contributed by atoms with Crippen molar-refractivity contribution in [1.29, 1.82) is 0 Å². The van der Waals surface area contributed by atoms with E-state index in [1.54, 1.807) is 44.4 Å². The zero-order valence-electron chi connectivity index (χ0n) is 27.9. The number of aryl methyl sites for hydroxylation is 1. The molecular weight excluding hydrogens is 638 g/mol. The molecule has 0 saturated heterocycles. The lowest BCUT2D eigenvalue weighted by Gasteiger charge is -2.49. The summed E-state index contributed by atoms with van der Waals surface area (Å²) < 4.78 is 22.4. The summed E-state index contributed by atoms with van der Waals surface area (Å²) in [5.74, 6) is -0.941. The number of aliphatic hydroxyl groups is 2. The summed E-state index contributed by atoms with van der Waals surface area (Å²) in [4.78, 5) is 30.0. The molecule has 47 heavy (non-hydrogen) atoms. The van der Waals surface area contributed by atoms with Crippen LogP contribution in [0.25, 0.3) is 0 Å². The van der Waals surface area contributed by atoms with Crippen LogP contribution in [0.3, 0.4) is 0 Å². The monoisotopic (exact) mass is 685 g/mol. The third kappa shape index (κ3) is 7.41. The Kier molecular flexibility index (Phi) is 11.1. The van der Waals surface area contributed by atoms with E-state index >= 15 is 0 Å². The first-order valence-electron chi connectivity index (χ1n) is 16.6. The second-order valence-electron chi connectivity index (χ2n) is 13.7. The minimum absolute atomic E-state index is 0.0165. The van der Waals surface area contributed by atoms with Crippen molar-refractivity contribution >= 4 is 40.1 Å². The molecule has 8 atom stereocenters. The lowest BCUT2D eigenvalue weighted by atomic mass is 9.62. The number of benzene rings is 2. The summed E-state index contributed by atoms with van der Waals surface area (Å²) in [7, 11) is 1.45. The lowest BCUT2D eigenvalue weighted by molar-refractivity contribution is -0.163. The average molecular weight is 686 g/mol. The number of halogens is 1. The van der Waals surface area contributed by atoms with Crippen LogP contribution in [-0.2, 0) is 22.2 Å². The van der Waals surface area contributed by atoms with Crippen LogP contribution in [0.5, 0.6) is 5.75 Å². The molecule has 1 fully saturated rings. The molecule has 1 saturated carbocycles. The zero-order valence-corrected chi connectivity index (χ0v) is 29.5. The van der Waals surface area contributed by atoms with Gasteiger partial charge in [-0.15, -0.1) is 0 Å². The third-order valence-electron chi connectivity index (χ3n) is 10.3. The first kappa shape index (κ1) is 35.4. The van der Waals surface area contributed by atoms with E-state index in [9.17, 15) is 24.0 Å². The predicted molar refractivity (Wildman–Crippen MR) is 186 cm³/mol. The van der Waals surface area contributed by atoms with E-state index in [1.807, 2.05) is 26.0 Å². The van der Waals surface area contributed by atoms with E-state index in [1.165, 1.54) is 10.5 Å². The van der Waals surface area contributed by atoms with Crippen molar-refractivity contribution in [3.05, 3.63) is 70.3 Å². The van der Waals surface area contributed by atoms with Gasteiger partial charge in [-0.2, -0.15) is 0 Å². The molecule has 256 valence electrons. The van der Waals surface area contributed by atoms with Gasteiger partial charge in [0.05, 0.1) is 17.5 Å². The Balaban J connectivity index is 1.59. The smallest absolute Gasteiger partial charge is 0.263 e. The van der Waals surface area contributed by atoms with Gasteiger partial charge in [0.2, 0.25) is 0 Å². The third-order valence-corrected chi connectivity index (χ3v) is 12.1. The molecule has 0 aromatic heterocycles. The number of aliphatic hydroxyl groups excluding tert-OH is 1. The van der Waals surface area contributed by atoms with Crippen LogP contribution >= 0.6 is 11.6 Å². The van der Waals surface area contributed by atoms with Gasteiger partial charge in [0.25, 0.3) is 11.8 Å². The van der Waals surface area contributed by atoms with Crippen LogP contribution in [0.4, 0.5) is 5.69 Å². The molecule has 2 aromatic rings. The molecule has 2 amide bonds. The minimum Gasteiger partial charge on any atom is -0.491 e. The number of nitrogens with zero attached hydrogens (tertiary/aromatic N) is 2. The summed E-state index contributed by atoms with van der Waals surface area (Å²) in [6.07, 6.45) is 5.43. The number of hydrogen-bond donors (Lipinski definition) is 3. The summed E-state index contributed by atoms with van der Waals surface area (Å²) in [6.45, 7) is 7.38. The van der Waals surface area contributed by atoms with Crippen LogP contribution in [0, 0.1) is 17.8 Å². The maximum Gasteiger partial charge on any atom is 0.263 e. The average Bonchev–Trinajstić information content (AvgIpc) is 3.20. The van der Waals surface area contributed by atoms with Crippen molar-refractivity contribution in [2.45, 2.75) is 75.7 Å². The Morgan fingerprint density at radius 3 is 2.64 bits per heavy atom. The zero-order chi connectivity index (χ0) is 34.0. The first-order chi connectivity index (χ1) is 22.3. The van der Waals surface area contributed by atoms with Crippen molar-refractivity contribution in [1.82, 2.24) is 9.62 Å². The van der Waals surface area contributed by atoms with Crippen molar-refractivity contribution in [2.24, 2.45) is 17.8 Å². The largest absolute Gasteiger partial charge is 0.491 e. The number of carbonyl (C=O) groups excluding carboxylic acids is 2. The van der Waals surface area contributed by atoms with Gasteiger partial charge < -0.3 is 24.7 Å². The number of anilines is 1. The van der Waals surface area contributed by atoms with Gasteiger partial charge in [-0.05, 0) is 91.8 Å². The highest BCUT2D eigenvalue weighted by Crippen LogP contribution is 2.47. The molecule has 11 heteroatoms. The van der Waals surface area contributed by atoms with Crippen molar-refractivity contribution < 1.29 is 28.7 Å². The second kappa shape index (κ2) is 14.7. The summed E-state index contributed by atoms with van der Waals surface area (Å²) in [5, 5.41) is 23.9. The molecule has 3 aliphatic rings. The van der Waals surface area contributed by atoms with E-state index in [4.69, 9.17) is 16.3 Å². The molecule has 9 nitrogen and oxygen atoms in total. The molecule has 0 spiro atoms. The number of rotatable bonds is 5. The molecule has 0 radical (unpaired) electrons. The number of allylic oxidation sites excluding steroid dienone is 1. The highest BCUT2D eigenvalue weighted by atomic mass is 35.5. The number of amides is 2. The van der Waals surface area contributed by atoms with E-state index in [0.29, 0.717) is 48.9 Å². The van der Waals surface area contributed by atoms with E-state index in [2.05, 4.69) is 22.6 Å². The Hall–Kier alpha value is -2.92. The number of hydrogen-bond acceptors (Lipinski definition) is 7. The molecule has 2 bridgehead atoms. The fourth-order valence-electron chi connectivity index (χ4n) is 7.11. The van der Waals surface area contributed by atoms with Gasteiger partial charge >= 0.3 is 0 Å². The quantitative estimate of drug-likeness (QED) is 0.385. The minimum atomic E-state index is -1.80. The maximum absolute atomic E-state index is 13.4. The maximum atomic E-state index is 13.4. The fourth-order valence-corrected chi connectivity index (χ4v) is 8.33. The van der Waals surface area contributed by atoms with Crippen LogP contribution in [0.1, 0.15) is 73.9 Å². The topological polar surface area (TPSA) is 119 Å². The molecule has 5 rings (SSSR count). The van der Waals surface area contributed by atoms with Gasteiger partial charge in [0.15, 0.2) is 6.10 Å². The van der Waals surface area contributed by atoms with Gasteiger partial charge in [0, 0.05) is 43.7 Å². The van der Waals surface area contributed by atoms with Gasteiger partial charge in [-0.1, -0.05) is 50.1 Å². The SMILES string of the molecule is CCCc1cc(Cl)ccc1C1COc2ccc3cc2N(C1)CC1CCC1C(O)(C(O)C(=O)N(C)C)/C=C/CC(C)C(C)S(=O)NC3=O. The number of likely N-dealkylation sites (N-methyl/N-ethyl adjacent to an activating group) is 1. The van der Waals surface area contributed by atoms with Gasteiger partial charge in [-0.25, -0.2) is 4.21 Å². The Morgan fingerprint density at radius 1 is 1.19 bits per heavy atom. The Bertz CT molecular complexity index is 1530. The Morgan fingerprint density at radius 2 is 1.96 bits per heavy atom. The van der Waals surface area contributed by atoms with Crippen LogP contribution < -0.4 is 14.4 Å². The normalized spacial score (nSPS) is 30.9. The van der Waals surface area contributed by atoms with Gasteiger partial charge in [-0.3, -0.25) is 14.3 Å². The predicted octanol–water partition coefficient (Wildman–Crippen LogP) is 4.86. The van der Waals surface area contributed by atoms with Crippen molar-refractivity contribution in [3.8, 4) is 5.75 Å². The summed E-state index contributed by atoms with van der Waals surface area (Å²) in [6, 6.07) is 11.3. The van der Waals surface area contributed by atoms with E-state index in [0.717, 1.165) is 30.5 Å². The summed E-state index contributed by atoms with van der Waals surface area (Å²) >= 11 is 6.41. The molecule has 2 aromatic carbocycles. The van der Waals surface area contributed by atoms with Crippen molar-refractivity contribution in [3.63, 3.8) is 0 Å². The second-order valence-corrected chi connectivity index (χ2v) is 15.7.